The normalized spacial score (nSPS) is 23.9. The number of benzene rings is 1. The first-order valence-electron chi connectivity index (χ1n) is 6.87. The highest BCUT2D eigenvalue weighted by molar-refractivity contribution is 5.32. The van der Waals surface area contributed by atoms with Gasteiger partial charge in [-0.3, -0.25) is 0 Å². The first kappa shape index (κ1) is 13.4. The Morgan fingerprint density at radius 1 is 1.22 bits per heavy atom. The van der Waals surface area contributed by atoms with E-state index in [1.165, 1.54) is 31.2 Å². The van der Waals surface area contributed by atoms with E-state index in [1.807, 2.05) is 12.1 Å². The van der Waals surface area contributed by atoms with Gasteiger partial charge in [0.1, 0.15) is 5.75 Å². The number of hydrogen-bond donors (Lipinski definition) is 2. The van der Waals surface area contributed by atoms with E-state index >= 15 is 0 Å². The summed E-state index contributed by atoms with van der Waals surface area (Å²) < 4.78 is 5.35. The summed E-state index contributed by atoms with van der Waals surface area (Å²) >= 11 is 0. The van der Waals surface area contributed by atoms with E-state index in [4.69, 9.17) is 10.5 Å². The summed E-state index contributed by atoms with van der Waals surface area (Å²) in [5.41, 5.74) is 7.15. The molecule has 0 aliphatic heterocycles. The minimum absolute atomic E-state index is 0.440. The molecule has 0 heterocycles. The molecular weight excluding hydrogens is 224 g/mol. The highest BCUT2D eigenvalue weighted by Gasteiger charge is 2.17. The number of methoxy groups -OCH3 is 1. The molecule has 1 fully saturated rings. The van der Waals surface area contributed by atoms with Gasteiger partial charge in [0.05, 0.1) is 7.11 Å². The average molecular weight is 248 g/mol. The van der Waals surface area contributed by atoms with E-state index in [-0.39, 0.29) is 0 Å². The maximum absolute atomic E-state index is 5.92. The summed E-state index contributed by atoms with van der Waals surface area (Å²) in [6, 6.07) is 8.62. The summed E-state index contributed by atoms with van der Waals surface area (Å²) in [4.78, 5) is 0. The number of hydrogen-bond acceptors (Lipinski definition) is 3. The lowest BCUT2D eigenvalue weighted by molar-refractivity contribution is 0.313. The molecule has 0 bridgehead atoms. The van der Waals surface area contributed by atoms with Crippen molar-refractivity contribution in [2.45, 2.75) is 38.3 Å². The number of para-hydroxylation sites is 1. The average Bonchev–Trinajstić information content (AvgIpc) is 2.41. The van der Waals surface area contributed by atoms with Crippen molar-refractivity contribution in [2.75, 3.05) is 13.7 Å². The SMILES string of the molecule is COc1ccccc1CNCC1CCC(N)CC1. The second-order valence-corrected chi connectivity index (χ2v) is 5.22. The van der Waals surface area contributed by atoms with Crippen LogP contribution in [0.4, 0.5) is 0 Å². The van der Waals surface area contributed by atoms with Gasteiger partial charge in [0, 0.05) is 18.2 Å². The van der Waals surface area contributed by atoms with Crippen LogP contribution in [0.15, 0.2) is 24.3 Å². The van der Waals surface area contributed by atoms with Gasteiger partial charge in [-0.2, -0.15) is 0 Å². The molecule has 18 heavy (non-hydrogen) atoms. The third-order valence-corrected chi connectivity index (χ3v) is 3.83. The van der Waals surface area contributed by atoms with E-state index in [0.29, 0.717) is 6.04 Å². The van der Waals surface area contributed by atoms with Gasteiger partial charge in [-0.05, 0) is 44.2 Å². The Morgan fingerprint density at radius 3 is 2.67 bits per heavy atom. The molecule has 0 saturated heterocycles. The molecule has 3 heteroatoms. The lowest BCUT2D eigenvalue weighted by atomic mass is 9.86. The van der Waals surface area contributed by atoms with Gasteiger partial charge in [-0.1, -0.05) is 18.2 Å². The number of nitrogens with two attached hydrogens (primary N) is 1. The molecular formula is C15H24N2O. The monoisotopic (exact) mass is 248 g/mol. The van der Waals surface area contributed by atoms with Crippen LogP contribution in [0.1, 0.15) is 31.2 Å². The van der Waals surface area contributed by atoms with E-state index in [0.717, 1.165) is 24.8 Å². The molecule has 0 atom stereocenters. The van der Waals surface area contributed by atoms with Crippen LogP contribution in [-0.4, -0.2) is 19.7 Å². The Kier molecular flexibility index (Phi) is 5.02. The predicted molar refractivity (Wildman–Crippen MR) is 74.6 cm³/mol. The number of rotatable bonds is 5. The van der Waals surface area contributed by atoms with E-state index in [1.54, 1.807) is 7.11 Å². The molecule has 0 radical (unpaired) electrons. The van der Waals surface area contributed by atoms with Gasteiger partial charge in [0.25, 0.3) is 0 Å². The van der Waals surface area contributed by atoms with E-state index in [2.05, 4.69) is 17.4 Å². The lowest BCUT2D eigenvalue weighted by Gasteiger charge is -2.26. The summed E-state index contributed by atoms with van der Waals surface area (Å²) in [5, 5.41) is 3.54. The van der Waals surface area contributed by atoms with Crippen molar-refractivity contribution < 1.29 is 4.74 Å². The van der Waals surface area contributed by atoms with Gasteiger partial charge in [0.15, 0.2) is 0 Å². The molecule has 2 rings (SSSR count). The lowest BCUT2D eigenvalue weighted by Crippen LogP contribution is -2.31. The smallest absolute Gasteiger partial charge is 0.123 e. The van der Waals surface area contributed by atoms with Crippen molar-refractivity contribution in [1.82, 2.24) is 5.32 Å². The zero-order chi connectivity index (χ0) is 12.8. The van der Waals surface area contributed by atoms with Crippen LogP contribution in [0.2, 0.25) is 0 Å². The standard InChI is InChI=1S/C15H24N2O/c1-18-15-5-3-2-4-13(15)11-17-10-12-6-8-14(16)9-7-12/h2-5,12,14,17H,6-11,16H2,1H3. The molecule has 0 amide bonds. The van der Waals surface area contributed by atoms with Crippen molar-refractivity contribution in [1.29, 1.82) is 0 Å². The van der Waals surface area contributed by atoms with Crippen molar-refractivity contribution in [3.8, 4) is 5.75 Å². The van der Waals surface area contributed by atoms with Crippen LogP contribution in [0, 0.1) is 5.92 Å². The molecule has 1 aromatic carbocycles. The Hall–Kier alpha value is -1.06. The largest absolute Gasteiger partial charge is 0.496 e. The number of ether oxygens (including phenoxy) is 1. The van der Waals surface area contributed by atoms with Gasteiger partial charge < -0.3 is 15.8 Å². The molecule has 0 aromatic heterocycles. The Bertz CT molecular complexity index is 359. The second kappa shape index (κ2) is 6.76. The molecule has 0 unspecified atom stereocenters. The fourth-order valence-corrected chi connectivity index (χ4v) is 2.65. The predicted octanol–water partition coefficient (Wildman–Crippen LogP) is 2.30. The summed E-state index contributed by atoms with van der Waals surface area (Å²) in [6.45, 7) is 1.97. The molecule has 1 aliphatic carbocycles. The van der Waals surface area contributed by atoms with Gasteiger partial charge in [0.2, 0.25) is 0 Å². The molecule has 100 valence electrons. The summed E-state index contributed by atoms with van der Waals surface area (Å²) in [6.07, 6.45) is 4.89. The van der Waals surface area contributed by atoms with Crippen LogP contribution in [0.25, 0.3) is 0 Å². The minimum atomic E-state index is 0.440. The molecule has 3 N–H and O–H groups in total. The fraction of sp³-hybridized carbons (Fsp3) is 0.600. The fourth-order valence-electron chi connectivity index (χ4n) is 2.65. The molecule has 1 aliphatic rings. The van der Waals surface area contributed by atoms with Crippen molar-refractivity contribution in [3.05, 3.63) is 29.8 Å². The zero-order valence-corrected chi connectivity index (χ0v) is 11.2. The Morgan fingerprint density at radius 2 is 1.94 bits per heavy atom. The highest BCUT2D eigenvalue weighted by Crippen LogP contribution is 2.23. The van der Waals surface area contributed by atoms with Gasteiger partial charge in [-0.15, -0.1) is 0 Å². The van der Waals surface area contributed by atoms with Crippen molar-refractivity contribution >= 4 is 0 Å². The molecule has 1 saturated carbocycles. The molecule has 3 nitrogen and oxygen atoms in total. The Balaban J connectivity index is 1.75. The van der Waals surface area contributed by atoms with Crippen molar-refractivity contribution in [3.63, 3.8) is 0 Å². The van der Waals surface area contributed by atoms with Crippen LogP contribution in [-0.2, 0) is 6.54 Å². The molecule has 1 aromatic rings. The van der Waals surface area contributed by atoms with Crippen LogP contribution in [0.5, 0.6) is 5.75 Å². The van der Waals surface area contributed by atoms with Crippen molar-refractivity contribution in [2.24, 2.45) is 11.7 Å². The second-order valence-electron chi connectivity index (χ2n) is 5.22. The summed E-state index contributed by atoms with van der Waals surface area (Å²) in [7, 11) is 1.72. The third-order valence-electron chi connectivity index (χ3n) is 3.83. The molecule has 0 spiro atoms. The van der Waals surface area contributed by atoms with Crippen LogP contribution < -0.4 is 15.8 Å². The quantitative estimate of drug-likeness (QED) is 0.840. The highest BCUT2D eigenvalue weighted by atomic mass is 16.5. The zero-order valence-electron chi connectivity index (χ0n) is 11.2. The number of nitrogens with one attached hydrogen (secondary N) is 1. The maximum atomic E-state index is 5.92. The van der Waals surface area contributed by atoms with E-state index < -0.39 is 0 Å². The minimum Gasteiger partial charge on any atom is -0.496 e. The Labute approximate surface area is 110 Å². The summed E-state index contributed by atoms with van der Waals surface area (Å²) in [5.74, 6) is 1.76. The van der Waals surface area contributed by atoms with Crippen LogP contribution in [0.3, 0.4) is 0 Å². The first-order valence-corrected chi connectivity index (χ1v) is 6.87. The maximum Gasteiger partial charge on any atom is 0.123 e. The van der Waals surface area contributed by atoms with Gasteiger partial charge in [-0.25, -0.2) is 0 Å². The topological polar surface area (TPSA) is 47.3 Å². The first-order chi connectivity index (χ1) is 8.79. The van der Waals surface area contributed by atoms with Crippen LogP contribution >= 0.6 is 0 Å². The third kappa shape index (κ3) is 3.72. The van der Waals surface area contributed by atoms with Gasteiger partial charge >= 0.3 is 0 Å². The van der Waals surface area contributed by atoms with E-state index in [9.17, 15) is 0 Å².